The maximum absolute atomic E-state index is 11.4. The number of carbonyl (C=O) groups is 2. The number of methoxy groups -OCH3 is 3. The van der Waals surface area contributed by atoms with Crippen LogP contribution in [0.5, 0.6) is 23.0 Å². The topological polar surface area (TPSA) is 101 Å². The summed E-state index contributed by atoms with van der Waals surface area (Å²) in [7, 11) is 2.45. The summed E-state index contributed by atoms with van der Waals surface area (Å²) < 4.78 is 27.6. The third-order valence-corrected chi connectivity index (χ3v) is 11.3. The van der Waals surface area contributed by atoms with E-state index in [2.05, 4.69) is 65.7 Å². The molecule has 0 heterocycles. The van der Waals surface area contributed by atoms with Gasteiger partial charge in [0, 0.05) is 6.92 Å². The molecule has 2 aromatic carbocycles. The van der Waals surface area contributed by atoms with Gasteiger partial charge < -0.3 is 28.5 Å². The number of esters is 2. The summed E-state index contributed by atoms with van der Waals surface area (Å²) in [6.07, 6.45) is 0.200. The second kappa shape index (κ2) is 14.1. The van der Waals surface area contributed by atoms with Crippen molar-refractivity contribution in [3.05, 3.63) is 44.3 Å². The number of benzene rings is 2. The molecule has 37 heavy (non-hydrogen) atoms. The molecular formula is C26H36Br2O8Si. The van der Waals surface area contributed by atoms with Crippen LogP contribution in [0.2, 0.25) is 18.1 Å². The molecule has 0 amide bonds. The fraction of sp³-hybridized carbons (Fsp3) is 0.462. The Bertz CT molecular complexity index is 1100. The van der Waals surface area contributed by atoms with Crippen LogP contribution in [0.3, 0.4) is 0 Å². The first-order valence-corrected chi connectivity index (χ1v) is 15.9. The van der Waals surface area contributed by atoms with E-state index in [1.807, 2.05) is 12.1 Å². The Kier molecular flexibility index (Phi) is 12.5. The Morgan fingerprint density at radius 3 is 1.95 bits per heavy atom. The Labute approximate surface area is 237 Å². The van der Waals surface area contributed by atoms with Crippen molar-refractivity contribution in [1.29, 1.82) is 0 Å². The third kappa shape index (κ3) is 9.86. The highest BCUT2D eigenvalue weighted by Gasteiger charge is 2.40. The van der Waals surface area contributed by atoms with Gasteiger partial charge in [0.15, 0.2) is 23.0 Å². The van der Waals surface area contributed by atoms with E-state index in [-0.39, 0.29) is 35.8 Å². The third-order valence-electron chi connectivity index (χ3n) is 5.78. The van der Waals surface area contributed by atoms with E-state index in [9.17, 15) is 14.7 Å². The lowest BCUT2D eigenvalue weighted by molar-refractivity contribution is -0.142. The number of phenolic OH excluding ortho intramolecular Hbond substituents is 1. The monoisotopic (exact) mass is 662 g/mol. The molecule has 0 saturated carbocycles. The van der Waals surface area contributed by atoms with Crippen molar-refractivity contribution in [2.45, 2.75) is 58.9 Å². The van der Waals surface area contributed by atoms with Crippen molar-refractivity contribution in [1.82, 2.24) is 0 Å². The molecule has 0 unspecified atom stereocenters. The van der Waals surface area contributed by atoms with E-state index >= 15 is 0 Å². The predicted octanol–water partition coefficient (Wildman–Crippen LogP) is 6.78. The van der Waals surface area contributed by atoms with Gasteiger partial charge in [-0.3, -0.25) is 9.59 Å². The van der Waals surface area contributed by atoms with Crippen molar-refractivity contribution < 1.29 is 38.1 Å². The predicted molar refractivity (Wildman–Crippen MR) is 152 cm³/mol. The van der Waals surface area contributed by atoms with Crippen LogP contribution in [0, 0.1) is 0 Å². The molecule has 0 saturated heterocycles. The molecule has 0 aliphatic heterocycles. The average Bonchev–Trinajstić information content (AvgIpc) is 2.80. The largest absolute Gasteiger partial charge is 0.540 e. The van der Waals surface area contributed by atoms with Crippen LogP contribution in [0.15, 0.2) is 33.2 Å². The van der Waals surface area contributed by atoms with Crippen molar-refractivity contribution in [3.8, 4) is 23.0 Å². The lowest BCUT2D eigenvalue weighted by Gasteiger charge is -2.37. The summed E-state index contributed by atoms with van der Waals surface area (Å²) in [6.45, 7) is 12.4. The van der Waals surface area contributed by atoms with E-state index in [4.69, 9.17) is 23.4 Å². The van der Waals surface area contributed by atoms with Gasteiger partial charge in [0.2, 0.25) is 0 Å². The molecule has 0 atom stereocenters. The fourth-order valence-electron chi connectivity index (χ4n) is 2.67. The molecule has 2 rings (SSSR count). The number of aromatic hydroxyl groups is 1. The summed E-state index contributed by atoms with van der Waals surface area (Å²) in [5.74, 6) is 1.06. The zero-order chi connectivity index (χ0) is 28.6. The highest BCUT2D eigenvalue weighted by Crippen LogP contribution is 2.43. The fourth-order valence-corrected chi connectivity index (χ4v) is 4.91. The standard InChI is InChI=1S/C16H25BrO4Si.C10H11BrO4/c1-16(2,3)22(6,7)21-15-12(17)8-11(9-13(15)19-4)10-14(18)20-5;1-6(12)15-5-7-3-8(11)10(13)9(4-7)14-2/h8-9H,10H2,1-7H3;3-4,13H,5H2,1-2H3. The zero-order valence-corrected chi connectivity index (χ0v) is 27.0. The van der Waals surface area contributed by atoms with Crippen molar-refractivity contribution in [2.24, 2.45) is 0 Å². The van der Waals surface area contributed by atoms with Crippen molar-refractivity contribution in [2.75, 3.05) is 21.3 Å². The van der Waals surface area contributed by atoms with Gasteiger partial charge in [0.05, 0.1) is 36.7 Å². The summed E-state index contributed by atoms with van der Waals surface area (Å²) in [4.78, 5) is 22.0. The Morgan fingerprint density at radius 2 is 1.46 bits per heavy atom. The molecule has 0 radical (unpaired) electrons. The van der Waals surface area contributed by atoms with E-state index in [1.54, 1.807) is 19.2 Å². The normalized spacial score (nSPS) is 11.1. The van der Waals surface area contributed by atoms with Crippen LogP contribution in [-0.2, 0) is 32.1 Å². The van der Waals surface area contributed by atoms with Crippen LogP contribution < -0.4 is 13.9 Å². The molecule has 0 fully saturated rings. The van der Waals surface area contributed by atoms with E-state index < -0.39 is 8.32 Å². The van der Waals surface area contributed by atoms with Gasteiger partial charge in [-0.25, -0.2) is 0 Å². The first-order valence-electron chi connectivity index (χ1n) is 11.4. The Hall–Kier alpha value is -2.24. The second-order valence-electron chi connectivity index (χ2n) is 9.63. The molecule has 0 aromatic heterocycles. The minimum absolute atomic E-state index is 0.0316. The SMILES string of the molecule is COC(=O)Cc1cc(Br)c(O[Si](C)(C)C(C)(C)C)c(OC)c1.COc1cc(COC(C)=O)cc(Br)c1O. The van der Waals surface area contributed by atoms with E-state index in [0.29, 0.717) is 21.7 Å². The summed E-state index contributed by atoms with van der Waals surface area (Å²) in [6, 6.07) is 6.98. The summed E-state index contributed by atoms with van der Waals surface area (Å²) in [5, 5.41) is 9.61. The Balaban J connectivity index is 0.000000397. The van der Waals surface area contributed by atoms with Crippen molar-refractivity contribution in [3.63, 3.8) is 0 Å². The van der Waals surface area contributed by atoms with Crippen LogP contribution in [-0.4, -0.2) is 46.7 Å². The minimum atomic E-state index is -1.98. The molecule has 1 N–H and O–H groups in total. The van der Waals surface area contributed by atoms with Crippen LogP contribution in [0.1, 0.15) is 38.8 Å². The average molecular weight is 664 g/mol. The van der Waals surface area contributed by atoms with Gasteiger partial charge in [0.1, 0.15) is 6.61 Å². The molecular weight excluding hydrogens is 628 g/mol. The highest BCUT2D eigenvalue weighted by atomic mass is 79.9. The number of hydrogen-bond donors (Lipinski definition) is 1. The minimum Gasteiger partial charge on any atom is -0.540 e. The molecule has 0 bridgehead atoms. The van der Waals surface area contributed by atoms with Gasteiger partial charge in [-0.15, -0.1) is 0 Å². The maximum Gasteiger partial charge on any atom is 0.309 e. The molecule has 8 nitrogen and oxygen atoms in total. The van der Waals surface area contributed by atoms with Crippen LogP contribution >= 0.6 is 31.9 Å². The number of halogens is 2. The molecule has 0 spiro atoms. The first kappa shape index (κ1) is 32.8. The van der Waals surface area contributed by atoms with Gasteiger partial charge in [-0.1, -0.05) is 20.8 Å². The summed E-state index contributed by atoms with van der Waals surface area (Å²) in [5.41, 5.74) is 1.56. The highest BCUT2D eigenvalue weighted by molar-refractivity contribution is 9.11. The smallest absolute Gasteiger partial charge is 0.309 e. The van der Waals surface area contributed by atoms with Gasteiger partial charge in [-0.2, -0.15) is 0 Å². The maximum atomic E-state index is 11.4. The van der Waals surface area contributed by atoms with E-state index in [0.717, 1.165) is 15.6 Å². The number of ether oxygens (including phenoxy) is 4. The molecule has 2 aromatic rings. The summed E-state index contributed by atoms with van der Waals surface area (Å²) >= 11 is 6.71. The number of carbonyl (C=O) groups excluding carboxylic acids is 2. The molecule has 11 heteroatoms. The van der Waals surface area contributed by atoms with Crippen LogP contribution in [0.25, 0.3) is 0 Å². The molecule has 206 valence electrons. The van der Waals surface area contributed by atoms with Gasteiger partial charge in [0.25, 0.3) is 8.32 Å². The zero-order valence-electron chi connectivity index (χ0n) is 22.8. The lowest BCUT2D eigenvalue weighted by Crippen LogP contribution is -2.44. The Morgan fingerprint density at radius 1 is 0.919 bits per heavy atom. The number of rotatable bonds is 8. The quantitative estimate of drug-likeness (QED) is 0.244. The van der Waals surface area contributed by atoms with Gasteiger partial charge in [-0.05, 0) is 85.4 Å². The van der Waals surface area contributed by atoms with E-state index in [1.165, 1.54) is 21.1 Å². The van der Waals surface area contributed by atoms with Crippen LogP contribution in [0.4, 0.5) is 0 Å². The van der Waals surface area contributed by atoms with Crippen molar-refractivity contribution >= 4 is 52.1 Å². The second-order valence-corrected chi connectivity index (χ2v) is 16.1. The molecule has 0 aliphatic rings. The number of hydrogen-bond acceptors (Lipinski definition) is 8. The first-order chi connectivity index (χ1) is 17.1. The lowest BCUT2D eigenvalue weighted by atomic mass is 10.1. The molecule has 0 aliphatic carbocycles. The van der Waals surface area contributed by atoms with Gasteiger partial charge >= 0.3 is 11.9 Å². The number of phenols is 1.